The average Bonchev–Trinajstić information content (AvgIpc) is 2.77. The van der Waals surface area contributed by atoms with E-state index < -0.39 is 6.36 Å². The van der Waals surface area contributed by atoms with E-state index in [1.807, 2.05) is 25.4 Å². The minimum atomic E-state index is -4.66. The number of hydrogen-bond donors (Lipinski definition) is 1. The molecule has 1 unspecified atom stereocenters. The number of hydrogen-bond acceptors (Lipinski definition) is 3. The third kappa shape index (κ3) is 3.52. The van der Waals surface area contributed by atoms with E-state index >= 15 is 0 Å². The van der Waals surface area contributed by atoms with Gasteiger partial charge in [0.25, 0.3) is 0 Å². The van der Waals surface area contributed by atoms with E-state index in [1.165, 1.54) is 17.0 Å². The predicted octanol–water partition coefficient (Wildman–Crippen LogP) is 4.26. The Morgan fingerprint density at radius 3 is 2.25 bits per heavy atom. The van der Waals surface area contributed by atoms with Crippen LogP contribution in [0.5, 0.6) is 5.75 Å². The van der Waals surface area contributed by atoms with E-state index in [-0.39, 0.29) is 11.8 Å². The van der Waals surface area contributed by atoms with Crippen molar-refractivity contribution in [2.75, 3.05) is 7.05 Å². The number of rotatable bonds is 4. The fourth-order valence-electron chi connectivity index (χ4n) is 2.06. The molecule has 0 aliphatic heterocycles. The van der Waals surface area contributed by atoms with Crippen molar-refractivity contribution >= 4 is 11.3 Å². The minimum Gasteiger partial charge on any atom is -0.406 e. The SMILES string of the molecule is CNC(c1ccc(OC(F)(F)F)cc1)c1ccsc1C. The summed E-state index contributed by atoms with van der Waals surface area (Å²) in [6.45, 7) is 2.02. The number of ether oxygens (including phenoxy) is 1. The van der Waals surface area contributed by atoms with Crippen LogP contribution in [0.1, 0.15) is 22.0 Å². The van der Waals surface area contributed by atoms with Crippen molar-refractivity contribution in [1.82, 2.24) is 5.32 Å². The Labute approximate surface area is 119 Å². The summed E-state index contributed by atoms with van der Waals surface area (Å²) in [7, 11) is 1.82. The first-order chi connectivity index (χ1) is 9.40. The van der Waals surface area contributed by atoms with Crippen LogP contribution in [-0.2, 0) is 0 Å². The first-order valence-electron chi connectivity index (χ1n) is 5.97. The average molecular weight is 301 g/mol. The van der Waals surface area contributed by atoms with Crippen LogP contribution in [0.25, 0.3) is 0 Å². The summed E-state index contributed by atoms with van der Waals surface area (Å²) >= 11 is 1.64. The molecule has 1 aromatic carbocycles. The Morgan fingerprint density at radius 2 is 1.80 bits per heavy atom. The molecule has 1 N–H and O–H groups in total. The molecule has 1 aromatic heterocycles. The second kappa shape index (κ2) is 5.85. The zero-order valence-corrected chi connectivity index (χ0v) is 11.8. The van der Waals surface area contributed by atoms with E-state index in [9.17, 15) is 13.2 Å². The Bertz CT molecular complexity index is 563. The van der Waals surface area contributed by atoms with Gasteiger partial charge in [0.05, 0.1) is 6.04 Å². The topological polar surface area (TPSA) is 21.3 Å². The standard InChI is InChI=1S/C14H14F3NOS/c1-9-12(7-8-20-9)13(18-2)10-3-5-11(6-4-10)19-14(15,16)17/h3-8,13,18H,1-2H3. The Morgan fingerprint density at radius 1 is 1.15 bits per heavy atom. The quantitative estimate of drug-likeness (QED) is 0.911. The third-order valence-electron chi connectivity index (χ3n) is 2.95. The summed E-state index contributed by atoms with van der Waals surface area (Å²) in [4.78, 5) is 1.18. The molecule has 0 fully saturated rings. The fraction of sp³-hybridized carbons (Fsp3) is 0.286. The molecule has 0 spiro atoms. The van der Waals surface area contributed by atoms with Gasteiger partial charge in [0.1, 0.15) is 5.75 Å². The van der Waals surface area contributed by atoms with Crippen LogP contribution in [0.3, 0.4) is 0 Å². The molecule has 0 amide bonds. The van der Waals surface area contributed by atoms with Gasteiger partial charge in [-0.15, -0.1) is 24.5 Å². The minimum absolute atomic E-state index is 0.0406. The molecule has 0 saturated carbocycles. The zero-order valence-electron chi connectivity index (χ0n) is 11.0. The first kappa shape index (κ1) is 14.9. The molecule has 2 aromatic rings. The maximum atomic E-state index is 12.1. The lowest BCUT2D eigenvalue weighted by Crippen LogP contribution is -2.19. The van der Waals surface area contributed by atoms with E-state index in [0.29, 0.717) is 0 Å². The Balaban J connectivity index is 2.22. The van der Waals surface area contributed by atoms with Crippen molar-refractivity contribution in [3.8, 4) is 5.75 Å². The lowest BCUT2D eigenvalue weighted by molar-refractivity contribution is -0.274. The van der Waals surface area contributed by atoms with Gasteiger partial charge in [-0.25, -0.2) is 0 Å². The smallest absolute Gasteiger partial charge is 0.406 e. The van der Waals surface area contributed by atoms with E-state index in [1.54, 1.807) is 23.5 Å². The van der Waals surface area contributed by atoms with Gasteiger partial charge in [0, 0.05) is 4.88 Å². The van der Waals surface area contributed by atoms with Gasteiger partial charge in [-0.05, 0) is 48.7 Å². The number of benzene rings is 1. The molecule has 2 rings (SSSR count). The highest BCUT2D eigenvalue weighted by Gasteiger charge is 2.31. The third-order valence-corrected chi connectivity index (χ3v) is 3.81. The van der Waals surface area contributed by atoms with Crippen molar-refractivity contribution in [2.45, 2.75) is 19.3 Å². The summed E-state index contributed by atoms with van der Waals surface area (Å²) in [5.41, 5.74) is 2.02. The predicted molar refractivity (Wildman–Crippen MR) is 73.1 cm³/mol. The van der Waals surface area contributed by atoms with E-state index in [0.717, 1.165) is 11.1 Å². The second-order valence-corrected chi connectivity index (χ2v) is 5.39. The van der Waals surface area contributed by atoms with Gasteiger partial charge in [-0.3, -0.25) is 0 Å². The second-order valence-electron chi connectivity index (χ2n) is 4.27. The van der Waals surface area contributed by atoms with E-state index in [2.05, 4.69) is 10.1 Å². The highest BCUT2D eigenvalue weighted by molar-refractivity contribution is 7.10. The summed E-state index contributed by atoms with van der Waals surface area (Å²) in [6, 6.07) is 7.91. The van der Waals surface area contributed by atoms with Gasteiger partial charge >= 0.3 is 6.36 Å². The number of thiophene rings is 1. The molecule has 0 radical (unpaired) electrons. The molecule has 0 aliphatic carbocycles. The zero-order chi connectivity index (χ0) is 14.8. The molecule has 20 heavy (non-hydrogen) atoms. The van der Waals surface area contributed by atoms with Crippen LogP contribution < -0.4 is 10.1 Å². The van der Waals surface area contributed by atoms with Gasteiger partial charge in [0.15, 0.2) is 0 Å². The van der Waals surface area contributed by atoms with Crippen LogP contribution in [-0.4, -0.2) is 13.4 Å². The van der Waals surface area contributed by atoms with Crippen molar-refractivity contribution in [2.24, 2.45) is 0 Å². The molecular formula is C14H14F3NOS. The van der Waals surface area contributed by atoms with Crippen LogP contribution in [0.2, 0.25) is 0 Å². The van der Waals surface area contributed by atoms with Crippen LogP contribution >= 0.6 is 11.3 Å². The first-order valence-corrected chi connectivity index (χ1v) is 6.85. The molecule has 0 aliphatic rings. The molecule has 0 bridgehead atoms. The molecule has 1 atom stereocenters. The molecular weight excluding hydrogens is 287 g/mol. The summed E-state index contributed by atoms with van der Waals surface area (Å²) in [6.07, 6.45) is -4.66. The van der Waals surface area contributed by atoms with Gasteiger partial charge in [0.2, 0.25) is 0 Å². The number of nitrogens with one attached hydrogen (secondary N) is 1. The summed E-state index contributed by atoms with van der Waals surface area (Å²) in [5.74, 6) is -0.210. The van der Waals surface area contributed by atoms with Crippen molar-refractivity contribution in [1.29, 1.82) is 0 Å². The van der Waals surface area contributed by atoms with Gasteiger partial charge in [-0.1, -0.05) is 12.1 Å². The largest absolute Gasteiger partial charge is 0.573 e. The Kier molecular flexibility index (Phi) is 4.35. The maximum absolute atomic E-state index is 12.1. The van der Waals surface area contributed by atoms with Crippen LogP contribution in [0, 0.1) is 6.92 Å². The summed E-state index contributed by atoms with van der Waals surface area (Å²) < 4.78 is 40.2. The molecule has 108 valence electrons. The maximum Gasteiger partial charge on any atom is 0.573 e. The van der Waals surface area contributed by atoms with Gasteiger partial charge < -0.3 is 10.1 Å². The van der Waals surface area contributed by atoms with Crippen molar-refractivity contribution in [3.63, 3.8) is 0 Å². The van der Waals surface area contributed by atoms with Gasteiger partial charge in [-0.2, -0.15) is 0 Å². The number of halogens is 3. The normalized spacial score (nSPS) is 13.2. The lowest BCUT2D eigenvalue weighted by atomic mass is 9.99. The van der Waals surface area contributed by atoms with E-state index in [4.69, 9.17) is 0 Å². The monoisotopic (exact) mass is 301 g/mol. The molecule has 1 heterocycles. The lowest BCUT2D eigenvalue weighted by Gasteiger charge is -2.17. The highest BCUT2D eigenvalue weighted by Crippen LogP contribution is 2.30. The molecule has 6 heteroatoms. The highest BCUT2D eigenvalue weighted by atomic mass is 32.1. The number of aryl methyl sites for hydroxylation is 1. The van der Waals surface area contributed by atoms with Crippen LogP contribution in [0.15, 0.2) is 35.7 Å². The number of alkyl halides is 3. The molecule has 0 saturated heterocycles. The molecule has 2 nitrogen and oxygen atoms in total. The van der Waals surface area contributed by atoms with Crippen molar-refractivity contribution in [3.05, 3.63) is 51.7 Å². The fourth-order valence-corrected chi connectivity index (χ4v) is 2.80. The Hall–Kier alpha value is -1.53. The van der Waals surface area contributed by atoms with Crippen molar-refractivity contribution < 1.29 is 17.9 Å². The summed E-state index contributed by atoms with van der Waals surface area (Å²) in [5, 5.41) is 5.17. The van der Waals surface area contributed by atoms with Crippen LogP contribution in [0.4, 0.5) is 13.2 Å².